The third-order valence-corrected chi connectivity index (χ3v) is 5.57. The van der Waals surface area contributed by atoms with E-state index in [-0.39, 0.29) is 6.04 Å². The van der Waals surface area contributed by atoms with E-state index in [2.05, 4.69) is 30.5 Å². The molecule has 0 saturated carbocycles. The molecule has 1 N–H and O–H groups in total. The summed E-state index contributed by atoms with van der Waals surface area (Å²) in [7, 11) is -3.17. The predicted molar refractivity (Wildman–Crippen MR) is 101 cm³/mol. The highest BCUT2D eigenvalue weighted by molar-refractivity contribution is 9.10. The lowest BCUT2D eigenvalue weighted by Crippen LogP contribution is -2.46. The van der Waals surface area contributed by atoms with Crippen LogP contribution in [0, 0.1) is 0 Å². The van der Waals surface area contributed by atoms with E-state index in [9.17, 15) is 8.42 Å². The summed E-state index contributed by atoms with van der Waals surface area (Å²) >= 11 is 3.42. The first-order chi connectivity index (χ1) is 11.9. The first kappa shape index (κ1) is 18.6. The van der Waals surface area contributed by atoms with Gasteiger partial charge in [0.15, 0.2) is 5.76 Å². The second-order valence-electron chi connectivity index (χ2n) is 6.37. The molecule has 136 valence electrons. The Morgan fingerprint density at radius 1 is 1.32 bits per heavy atom. The summed E-state index contributed by atoms with van der Waals surface area (Å²) in [4.78, 5) is 6.64. The van der Waals surface area contributed by atoms with Crippen LogP contribution in [0.2, 0.25) is 0 Å². The number of likely N-dealkylation sites (tertiary alicyclic amines) is 1. The first-order valence-electron chi connectivity index (χ1n) is 8.30. The summed E-state index contributed by atoms with van der Waals surface area (Å²) in [6, 6.07) is 8.07. The Kier molecular flexibility index (Phi) is 5.93. The van der Waals surface area contributed by atoms with Crippen molar-refractivity contribution in [2.24, 2.45) is 0 Å². The Hall–Kier alpha value is -1.22. The predicted octanol–water partition coefficient (Wildman–Crippen LogP) is 3.01. The van der Waals surface area contributed by atoms with Gasteiger partial charge in [-0.15, -0.1) is 0 Å². The Morgan fingerprint density at radius 3 is 2.80 bits per heavy atom. The zero-order valence-corrected chi connectivity index (χ0v) is 16.5. The van der Waals surface area contributed by atoms with Crippen LogP contribution in [0.15, 0.2) is 39.4 Å². The van der Waals surface area contributed by atoms with Crippen LogP contribution in [0.5, 0.6) is 0 Å². The third-order valence-electron chi connectivity index (χ3n) is 4.35. The molecule has 1 aromatic carbocycles. The fraction of sp³-hybridized carbons (Fsp3) is 0.471. The van der Waals surface area contributed by atoms with Gasteiger partial charge < -0.3 is 4.42 Å². The van der Waals surface area contributed by atoms with E-state index < -0.39 is 10.0 Å². The summed E-state index contributed by atoms with van der Waals surface area (Å²) in [6.07, 6.45) is 6.13. The van der Waals surface area contributed by atoms with Crippen LogP contribution >= 0.6 is 15.9 Å². The molecule has 1 aromatic heterocycles. The molecule has 1 aliphatic rings. The van der Waals surface area contributed by atoms with Crippen molar-refractivity contribution in [2.45, 2.75) is 31.8 Å². The van der Waals surface area contributed by atoms with Gasteiger partial charge in [0.25, 0.3) is 0 Å². The molecule has 3 rings (SSSR count). The maximum absolute atomic E-state index is 11.4. The van der Waals surface area contributed by atoms with Crippen LogP contribution in [0.25, 0.3) is 11.3 Å². The van der Waals surface area contributed by atoms with Crippen LogP contribution in [-0.2, 0) is 16.6 Å². The van der Waals surface area contributed by atoms with Crippen molar-refractivity contribution in [1.29, 1.82) is 0 Å². The van der Waals surface area contributed by atoms with E-state index >= 15 is 0 Å². The maximum Gasteiger partial charge on any atom is 0.209 e. The average molecular weight is 428 g/mol. The van der Waals surface area contributed by atoms with Crippen LogP contribution in [0.3, 0.4) is 0 Å². The van der Waals surface area contributed by atoms with E-state index in [0.29, 0.717) is 19.0 Å². The van der Waals surface area contributed by atoms with Crippen molar-refractivity contribution in [3.63, 3.8) is 0 Å². The Balaban J connectivity index is 1.66. The van der Waals surface area contributed by atoms with Gasteiger partial charge >= 0.3 is 0 Å². The Morgan fingerprint density at radius 2 is 2.08 bits per heavy atom. The Bertz CT molecular complexity index is 805. The molecule has 1 atom stereocenters. The number of nitrogens with zero attached hydrogens (tertiary/aromatic N) is 2. The molecule has 0 amide bonds. The van der Waals surface area contributed by atoms with Gasteiger partial charge in [-0.25, -0.2) is 18.1 Å². The zero-order chi connectivity index (χ0) is 17.9. The molecule has 0 aliphatic carbocycles. The minimum absolute atomic E-state index is 0.173. The van der Waals surface area contributed by atoms with Gasteiger partial charge in [-0.1, -0.05) is 34.5 Å². The van der Waals surface area contributed by atoms with Crippen molar-refractivity contribution in [1.82, 2.24) is 14.6 Å². The van der Waals surface area contributed by atoms with Gasteiger partial charge in [0.1, 0.15) is 0 Å². The molecule has 1 unspecified atom stereocenters. The second kappa shape index (κ2) is 7.99. The number of rotatable bonds is 6. The molecule has 1 saturated heterocycles. The number of hydrogen-bond donors (Lipinski definition) is 1. The van der Waals surface area contributed by atoms with Gasteiger partial charge in [-0.05, 0) is 31.5 Å². The van der Waals surface area contributed by atoms with Gasteiger partial charge in [-0.2, -0.15) is 0 Å². The molecule has 8 heteroatoms. The molecule has 0 radical (unpaired) electrons. The summed E-state index contributed by atoms with van der Waals surface area (Å²) in [6.45, 7) is 1.94. The van der Waals surface area contributed by atoms with Gasteiger partial charge in [0.2, 0.25) is 15.9 Å². The lowest BCUT2D eigenvalue weighted by molar-refractivity contribution is 0.130. The quantitative estimate of drug-likeness (QED) is 0.766. The highest BCUT2D eigenvalue weighted by atomic mass is 79.9. The topological polar surface area (TPSA) is 75.4 Å². The first-order valence-corrected chi connectivity index (χ1v) is 11.0. The molecule has 1 aliphatic heterocycles. The molecule has 0 bridgehead atoms. The fourth-order valence-electron chi connectivity index (χ4n) is 3.05. The molecule has 6 nitrogen and oxygen atoms in total. The smallest absolute Gasteiger partial charge is 0.209 e. The molecule has 2 heterocycles. The fourth-order valence-corrected chi connectivity index (χ4v) is 3.81. The standard InChI is InChI=1S/C17H22BrN3O3S/c1-25(22,23)20-10-15-4-2-3-9-21(15)12-17-19-11-16(24-17)13-5-7-14(18)8-6-13/h5-8,11,15,20H,2-4,9-10,12H2,1H3. The van der Waals surface area contributed by atoms with Crippen molar-refractivity contribution < 1.29 is 12.8 Å². The lowest BCUT2D eigenvalue weighted by Gasteiger charge is -2.34. The maximum atomic E-state index is 11.4. The molecule has 25 heavy (non-hydrogen) atoms. The number of halogens is 1. The second-order valence-corrected chi connectivity index (χ2v) is 9.11. The van der Waals surface area contributed by atoms with Crippen molar-refractivity contribution in [3.05, 3.63) is 40.8 Å². The van der Waals surface area contributed by atoms with Crippen molar-refractivity contribution in [2.75, 3.05) is 19.3 Å². The molecule has 1 fully saturated rings. The van der Waals surface area contributed by atoms with Crippen LogP contribution in [0.1, 0.15) is 25.2 Å². The van der Waals surface area contributed by atoms with E-state index in [1.165, 1.54) is 6.26 Å². The van der Waals surface area contributed by atoms with E-state index in [1.54, 1.807) is 6.20 Å². The van der Waals surface area contributed by atoms with E-state index in [4.69, 9.17) is 4.42 Å². The van der Waals surface area contributed by atoms with Gasteiger partial charge in [-0.3, -0.25) is 4.90 Å². The number of piperidine rings is 1. The number of aromatic nitrogens is 1. The minimum atomic E-state index is -3.17. The number of benzene rings is 1. The summed E-state index contributed by atoms with van der Waals surface area (Å²) < 4.78 is 32.3. The molecule has 0 spiro atoms. The highest BCUT2D eigenvalue weighted by Gasteiger charge is 2.24. The van der Waals surface area contributed by atoms with E-state index in [0.717, 1.165) is 41.6 Å². The molecule has 2 aromatic rings. The molecular weight excluding hydrogens is 406 g/mol. The summed E-state index contributed by atoms with van der Waals surface area (Å²) in [5.41, 5.74) is 0.982. The highest BCUT2D eigenvalue weighted by Crippen LogP contribution is 2.24. The number of sulfonamides is 1. The van der Waals surface area contributed by atoms with Crippen molar-refractivity contribution >= 4 is 26.0 Å². The summed E-state index contributed by atoms with van der Waals surface area (Å²) in [5.74, 6) is 1.40. The largest absolute Gasteiger partial charge is 0.439 e. The normalized spacial score (nSPS) is 19.2. The SMILES string of the molecule is CS(=O)(=O)NCC1CCCCN1Cc1ncc(-c2ccc(Br)cc2)o1. The number of nitrogens with one attached hydrogen (secondary N) is 1. The van der Waals surface area contributed by atoms with Gasteiger partial charge in [0.05, 0.1) is 19.0 Å². The monoisotopic (exact) mass is 427 g/mol. The van der Waals surface area contributed by atoms with Crippen LogP contribution in [0.4, 0.5) is 0 Å². The van der Waals surface area contributed by atoms with Crippen LogP contribution < -0.4 is 4.72 Å². The number of hydrogen-bond acceptors (Lipinski definition) is 5. The summed E-state index contributed by atoms with van der Waals surface area (Å²) in [5, 5.41) is 0. The van der Waals surface area contributed by atoms with Crippen molar-refractivity contribution in [3.8, 4) is 11.3 Å². The lowest BCUT2D eigenvalue weighted by atomic mass is 10.0. The van der Waals surface area contributed by atoms with E-state index in [1.807, 2.05) is 24.3 Å². The number of oxazole rings is 1. The van der Waals surface area contributed by atoms with Crippen LogP contribution in [-0.4, -0.2) is 43.7 Å². The Labute approximate surface area is 156 Å². The third kappa shape index (κ3) is 5.37. The molecular formula is C17H22BrN3O3S. The van der Waals surface area contributed by atoms with Gasteiger partial charge in [0, 0.05) is 22.6 Å². The average Bonchev–Trinajstić information content (AvgIpc) is 3.02. The zero-order valence-electron chi connectivity index (χ0n) is 14.1. The minimum Gasteiger partial charge on any atom is -0.439 e.